The third-order valence-electron chi connectivity index (χ3n) is 3.55. The number of rotatable bonds is 2. The number of piperidine rings is 1. The van der Waals surface area contributed by atoms with Gasteiger partial charge in [-0.3, -0.25) is 0 Å². The van der Waals surface area contributed by atoms with Gasteiger partial charge in [0.25, 0.3) is 0 Å². The highest BCUT2D eigenvalue weighted by atomic mass is 79.9. The number of hydrogen-bond donors (Lipinski definition) is 2. The average Bonchev–Trinajstić information content (AvgIpc) is 2.30. The molecule has 0 spiro atoms. The Morgan fingerprint density at radius 1 is 1.31 bits per heavy atom. The highest BCUT2D eigenvalue weighted by Gasteiger charge is 2.35. The van der Waals surface area contributed by atoms with E-state index >= 15 is 0 Å². The molecule has 3 heteroatoms. The molecule has 2 N–H and O–H groups in total. The quantitative estimate of drug-likeness (QED) is 0.875. The van der Waals surface area contributed by atoms with Gasteiger partial charge in [0.2, 0.25) is 0 Å². The molecule has 1 heterocycles. The van der Waals surface area contributed by atoms with Gasteiger partial charge in [-0.15, -0.1) is 0 Å². The van der Waals surface area contributed by atoms with E-state index < -0.39 is 5.60 Å². The summed E-state index contributed by atoms with van der Waals surface area (Å²) < 4.78 is 0.999. The molecule has 0 radical (unpaired) electrons. The number of halogens is 1. The van der Waals surface area contributed by atoms with Crippen LogP contribution < -0.4 is 5.32 Å². The zero-order valence-electron chi connectivity index (χ0n) is 9.54. The van der Waals surface area contributed by atoms with Crippen molar-refractivity contribution in [2.45, 2.75) is 25.4 Å². The van der Waals surface area contributed by atoms with Crippen LogP contribution in [0.3, 0.4) is 0 Å². The third-order valence-corrected chi connectivity index (χ3v) is 4.24. The van der Waals surface area contributed by atoms with Crippen LogP contribution in [0.5, 0.6) is 0 Å². The van der Waals surface area contributed by atoms with Gasteiger partial charge >= 0.3 is 0 Å². The van der Waals surface area contributed by atoms with E-state index in [4.69, 9.17) is 0 Å². The summed E-state index contributed by atoms with van der Waals surface area (Å²) in [6.45, 7) is 3.94. The summed E-state index contributed by atoms with van der Waals surface area (Å²) in [5, 5.41) is 14.1. The van der Waals surface area contributed by atoms with Gasteiger partial charge in [0.05, 0.1) is 5.60 Å². The van der Waals surface area contributed by atoms with Crippen molar-refractivity contribution in [1.82, 2.24) is 5.32 Å². The molecular weight excluding hydrogens is 266 g/mol. The van der Waals surface area contributed by atoms with Gasteiger partial charge in [-0.1, -0.05) is 34.1 Å². The molecule has 1 unspecified atom stereocenters. The van der Waals surface area contributed by atoms with Gasteiger partial charge in [0.15, 0.2) is 0 Å². The Morgan fingerprint density at radius 2 is 1.94 bits per heavy atom. The number of hydrogen-bond acceptors (Lipinski definition) is 2. The van der Waals surface area contributed by atoms with Crippen molar-refractivity contribution < 1.29 is 5.11 Å². The fraction of sp³-hybridized carbons (Fsp3) is 0.538. The lowest BCUT2D eigenvalue weighted by Gasteiger charge is -2.36. The molecule has 0 bridgehead atoms. The van der Waals surface area contributed by atoms with Crippen molar-refractivity contribution >= 4 is 15.9 Å². The normalized spacial score (nSPS) is 21.7. The summed E-state index contributed by atoms with van der Waals surface area (Å²) in [6.07, 6.45) is 2.07. The summed E-state index contributed by atoms with van der Waals surface area (Å²) in [6, 6.07) is 7.96. The van der Waals surface area contributed by atoms with Crippen molar-refractivity contribution in [1.29, 1.82) is 0 Å². The Hall–Kier alpha value is -0.380. The summed E-state index contributed by atoms with van der Waals surface area (Å²) >= 11 is 3.52. The Balaban J connectivity index is 2.26. The summed E-state index contributed by atoms with van der Waals surface area (Å²) in [5.74, 6) is 0.340. The van der Waals surface area contributed by atoms with Crippen molar-refractivity contribution in [3.8, 4) is 0 Å². The Morgan fingerprint density at radius 3 is 2.56 bits per heavy atom. The van der Waals surface area contributed by atoms with Crippen molar-refractivity contribution in [3.05, 3.63) is 34.3 Å². The molecule has 1 aromatic carbocycles. The minimum atomic E-state index is -0.734. The molecule has 1 aliphatic rings. The van der Waals surface area contributed by atoms with Crippen molar-refractivity contribution in [2.24, 2.45) is 5.92 Å². The minimum Gasteiger partial charge on any atom is -0.385 e. The molecule has 0 aliphatic carbocycles. The number of benzene rings is 1. The van der Waals surface area contributed by atoms with Crippen molar-refractivity contribution in [3.63, 3.8) is 0 Å². The largest absolute Gasteiger partial charge is 0.385 e. The van der Waals surface area contributed by atoms with Crippen LogP contribution in [0.4, 0.5) is 0 Å². The van der Waals surface area contributed by atoms with Crippen LogP contribution in [0.1, 0.15) is 25.3 Å². The van der Waals surface area contributed by atoms with Crippen LogP contribution in [0, 0.1) is 5.92 Å². The summed E-state index contributed by atoms with van der Waals surface area (Å²) in [7, 11) is 0. The summed E-state index contributed by atoms with van der Waals surface area (Å²) in [4.78, 5) is 0. The van der Waals surface area contributed by atoms with E-state index in [0.29, 0.717) is 5.92 Å². The molecule has 88 valence electrons. The van der Waals surface area contributed by atoms with Gasteiger partial charge < -0.3 is 10.4 Å². The smallest absolute Gasteiger partial charge is 0.0908 e. The second-order valence-electron chi connectivity index (χ2n) is 4.65. The summed E-state index contributed by atoms with van der Waals surface area (Å²) in [5.41, 5.74) is 0.268. The maximum Gasteiger partial charge on any atom is 0.0908 e. The molecule has 1 fully saturated rings. The topological polar surface area (TPSA) is 32.3 Å². The minimum absolute atomic E-state index is 0.340. The molecule has 2 nitrogen and oxygen atoms in total. The number of aliphatic hydroxyl groups is 1. The van der Waals surface area contributed by atoms with Crippen LogP contribution in [-0.4, -0.2) is 18.2 Å². The number of nitrogens with one attached hydrogen (secondary N) is 1. The highest BCUT2D eigenvalue weighted by Crippen LogP contribution is 2.38. The Bertz CT molecular complexity index is 359. The van der Waals surface area contributed by atoms with Crippen molar-refractivity contribution in [2.75, 3.05) is 13.1 Å². The van der Waals surface area contributed by atoms with Crippen LogP contribution >= 0.6 is 15.9 Å². The average molecular weight is 284 g/mol. The maximum absolute atomic E-state index is 10.7. The highest BCUT2D eigenvalue weighted by molar-refractivity contribution is 9.10. The molecule has 1 atom stereocenters. The van der Waals surface area contributed by atoms with Gasteiger partial charge in [-0.25, -0.2) is 0 Å². The molecule has 0 aromatic heterocycles. The van der Waals surface area contributed by atoms with Crippen LogP contribution in [0.15, 0.2) is 28.7 Å². The lowest BCUT2D eigenvalue weighted by molar-refractivity contribution is -0.0192. The molecule has 0 saturated carbocycles. The Kier molecular flexibility index (Phi) is 3.67. The zero-order chi connectivity index (χ0) is 11.6. The van der Waals surface area contributed by atoms with Gasteiger partial charge in [-0.05, 0) is 50.4 Å². The van der Waals surface area contributed by atoms with E-state index in [1.54, 1.807) is 0 Å². The van der Waals surface area contributed by atoms with Gasteiger partial charge in [0, 0.05) is 4.47 Å². The van der Waals surface area contributed by atoms with Crippen LogP contribution in [0.2, 0.25) is 0 Å². The maximum atomic E-state index is 10.7. The molecule has 2 rings (SSSR count). The van der Waals surface area contributed by atoms with Gasteiger partial charge in [-0.2, -0.15) is 0 Å². The first-order valence-corrected chi connectivity index (χ1v) is 6.60. The molecule has 0 amide bonds. The van der Waals surface area contributed by atoms with E-state index in [0.717, 1.165) is 36.0 Å². The van der Waals surface area contributed by atoms with Crippen LogP contribution in [0.25, 0.3) is 0 Å². The predicted molar refractivity (Wildman–Crippen MR) is 69.3 cm³/mol. The molecule has 1 aromatic rings. The fourth-order valence-corrected chi connectivity index (χ4v) is 3.16. The van der Waals surface area contributed by atoms with E-state index in [1.807, 2.05) is 31.2 Å². The standard InChI is InChI=1S/C13H18BrNO/c1-13(16,10-6-8-15-9-7-10)11-4-2-3-5-12(11)14/h2-5,10,15-16H,6-9H2,1H3. The second kappa shape index (κ2) is 4.86. The Labute approximate surface area is 105 Å². The van der Waals surface area contributed by atoms with E-state index in [9.17, 15) is 5.11 Å². The van der Waals surface area contributed by atoms with E-state index in [1.165, 1.54) is 0 Å². The molecule has 1 saturated heterocycles. The molecule has 1 aliphatic heterocycles. The van der Waals surface area contributed by atoms with Gasteiger partial charge in [0.1, 0.15) is 0 Å². The first-order chi connectivity index (χ1) is 7.62. The molecule has 16 heavy (non-hydrogen) atoms. The van der Waals surface area contributed by atoms with E-state index in [-0.39, 0.29) is 0 Å². The fourth-order valence-electron chi connectivity index (χ4n) is 2.48. The zero-order valence-corrected chi connectivity index (χ0v) is 11.1. The lowest BCUT2D eigenvalue weighted by atomic mass is 9.78. The lowest BCUT2D eigenvalue weighted by Crippen LogP contribution is -2.40. The SMILES string of the molecule is CC(O)(c1ccccc1Br)C1CCNCC1. The predicted octanol–water partition coefficient (Wildman–Crippen LogP) is 2.66. The first-order valence-electron chi connectivity index (χ1n) is 5.80. The van der Waals surface area contributed by atoms with Crippen LogP contribution in [-0.2, 0) is 5.60 Å². The van der Waals surface area contributed by atoms with E-state index in [2.05, 4.69) is 21.2 Å². The second-order valence-corrected chi connectivity index (χ2v) is 5.51. The third kappa shape index (κ3) is 2.31. The molecular formula is C13H18BrNO. The monoisotopic (exact) mass is 283 g/mol. The first kappa shape index (κ1) is 12.1.